The Kier molecular flexibility index (Phi) is 4.93. The summed E-state index contributed by atoms with van der Waals surface area (Å²) in [5, 5.41) is 1.93. The largest absolute Gasteiger partial charge is 0.496 e. The zero-order valence-corrected chi connectivity index (χ0v) is 14.3. The van der Waals surface area contributed by atoms with Gasteiger partial charge in [-0.05, 0) is 48.1 Å². The second-order valence-electron chi connectivity index (χ2n) is 4.37. The van der Waals surface area contributed by atoms with Crippen molar-refractivity contribution in [2.75, 3.05) is 7.11 Å². The van der Waals surface area contributed by atoms with Crippen molar-refractivity contribution in [2.24, 2.45) is 0 Å². The first kappa shape index (κ1) is 14.9. The highest BCUT2D eigenvalue weighted by Gasteiger charge is 2.20. The number of aryl methyl sites for hydroxylation is 2. The Morgan fingerprint density at radius 1 is 1.42 bits per heavy atom. The summed E-state index contributed by atoms with van der Waals surface area (Å²) in [7, 11) is 1.69. The minimum absolute atomic E-state index is 0.165. The molecule has 0 amide bonds. The zero-order chi connectivity index (χ0) is 14.0. The first-order valence-electron chi connectivity index (χ1n) is 6.12. The SMILES string of the molecule is CCc1ccsc1C(Cl)c1cc(Br)c(C)cc1OC. The summed E-state index contributed by atoms with van der Waals surface area (Å²) >= 11 is 11.9. The smallest absolute Gasteiger partial charge is 0.124 e. The van der Waals surface area contributed by atoms with Crippen molar-refractivity contribution in [3.63, 3.8) is 0 Å². The first-order valence-corrected chi connectivity index (χ1v) is 8.23. The van der Waals surface area contributed by atoms with E-state index >= 15 is 0 Å². The molecule has 2 rings (SSSR count). The average Bonchev–Trinajstić information content (AvgIpc) is 2.88. The van der Waals surface area contributed by atoms with Gasteiger partial charge in [0.2, 0.25) is 0 Å². The third-order valence-corrected chi connectivity index (χ3v) is 5.64. The van der Waals surface area contributed by atoms with Crippen LogP contribution in [0.1, 0.15) is 33.9 Å². The Labute approximate surface area is 131 Å². The van der Waals surface area contributed by atoms with Crippen molar-refractivity contribution in [2.45, 2.75) is 25.6 Å². The summed E-state index contributed by atoms with van der Waals surface area (Å²) < 4.78 is 6.53. The third-order valence-electron chi connectivity index (χ3n) is 3.18. The number of rotatable bonds is 4. The number of halogens is 2. The van der Waals surface area contributed by atoms with E-state index in [1.807, 2.05) is 13.0 Å². The van der Waals surface area contributed by atoms with Crippen molar-refractivity contribution in [1.82, 2.24) is 0 Å². The predicted molar refractivity (Wildman–Crippen MR) is 86.8 cm³/mol. The number of hydrogen-bond donors (Lipinski definition) is 0. The summed E-state index contributed by atoms with van der Waals surface area (Å²) in [5.41, 5.74) is 3.47. The number of hydrogen-bond acceptors (Lipinski definition) is 2. The van der Waals surface area contributed by atoms with Crippen molar-refractivity contribution in [1.29, 1.82) is 0 Å². The van der Waals surface area contributed by atoms with Crippen LogP contribution < -0.4 is 4.74 Å². The van der Waals surface area contributed by atoms with Gasteiger partial charge in [-0.2, -0.15) is 0 Å². The lowest BCUT2D eigenvalue weighted by Crippen LogP contribution is -1.99. The Morgan fingerprint density at radius 3 is 2.79 bits per heavy atom. The quantitative estimate of drug-likeness (QED) is 0.634. The van der Waals surface area contributed by atoms with Gasteiger partial charge in [0.05, 0.1) is 12.5 Å². The molecular formula is C15H16BrClOS. The Morgan fingerprint density at radius 2 is 2.16 bits per heavy atom. The molecule has 0 saturated heterocycles. The lowest BCUT2D eigenvalue weighted by atomic mass is 10.0. The van der Waals surface area contributed by atoms with Gasteiger partial charge in [0, 0.05) is 14.9 Å². The van der Waals surface area contributed by atoms with Gasteiger partial charge in [0.1, 0.15) is 5.75 Å². The maximum absolute atomic E-state index is 6.67. The summed E-state index contributed by atoms with van der Waals surface area (Å²) in [5.74, 6) is 0.844. The fraction of sp³-hybridized carbons (Fsp3) is 0.333. The highest BCUT2D eigenvalue weighted by molar-refractivity contribution is 9.10. The normalized spacial score (nSPS) is 12.5. The molecular weight excluding hydrogens is 344 g/mol. The molecule has 1 aromatic heterocycles. The molecule has 1 unspecified atom stereocenters. The molecule has 0 N–H and O–H groups in total. The van der Waals surface area contributed by atoms with Crippen LogP contribution in [0.5, 0.6) is 5.75 Å². The average molecular weight is 360 g/mol. The van der Waals surface area contributed by atoms with Gasteiger partial charge in [0.15, 0.2) is 0 Å². The van der Waals surface area contributed by atoms with Crippen LogP contribution in [-0.2, 0) is 6.42 Å². The lowest BCUT2D eigenvalue weighted by molar-refractivity contribution is 0.410. The van der Waals surface area contributed by atoms with Gasteiger partial charge in [-0.25, -0.2) is 0 Å². The maximum atomic E-state index is 6.67. The maximum Gasteiger partial charge on any atom is 0.124 e. The van der Waals surface area contributed by atoms with E-state index in [4.69, 9.17) is 16.3 Å². The van der Waals surface area contributed by atoms with Crippen LogP contribution >= 0.6 is 38.9 Å². The van der Waals surface area contributed by atoms with Gasteiger partial charge in [0.25, 0.3) is 0 Å². The second kappa shape index (κ2) is 6.29. The molecule has 1 heterocycles. The van der Waals surface area contributed by atoms with Crippen molar-refractivity contribution >= 4 is 38.9 Å². The van der Waals surface area contributed by atoms with Crippen LogP contribution in [0.3, 0.4) is 0 Å². The minimum Gasteiger partial charge on any atom is -0.496 e. The molecule has 1 nitrogen and oxygen atoms in total. The molecule has 0 aliphatic rings. The molecule has 4 heteroatoms. The lowest BCUT2D eigenvalue weighted by Gasteiger charge is -2.16. The van der Waals surface area contributed by atoms with E-state index in [1.54, 1.807) is 18.4 Å². The van der Waals surface area contributed by atoms with Crippen molar-refractivity contribution < 1.29 is 4.74 Å². The number of ether oxygens (including phenoxy) is 1. The third kappa shape index (κ3) is 2.99. The fourth-order valence-electron chi connectivity index (χ4n) is 2.05. The van der Waals surface area contributed by atoms with Gasteiger partial charge < -0.3 is 4.74 Å². The van der Waals surface area contributed by atoms with Gasteiger partial charge in [-0.1, -0.05) is 22.9 Å². The highest BCUT2D eigenvalue weighted by Crippen LogP contribution is 2.41. The summed E-state index contributed by atoms with van der Waals surface area (Å²) in [4.78, 5) is 1.21. The topological polar surface area (TPSA) is 9.23 Å². The molecule has 0 aliphatic carbocycles. The minimum atomic E-state index is -0.165. The van der Waals surface area contributed by atoms with Gasteiger partial charge in [-0.3, -0.25) is 0 Å². The van der Waals surface area contributed by atoms with E-state index in [0.717, 1.165) is 27.8 Å². The molecule has 0 aliphatic heterocycles. The molecule has 0 spiro atoms. The summed E-state index contributed by atoms with van der Waals surface area (Å²) in [6.45, 7) is 4.19. The van der Waals surface area contributed by atoms with Crippen LogP contribution in [0.15, 0.2) is 28.1 Å². The second-order valence-corrected chi connectivity index (χ2v) is 6.61. The molecule has 0 radical (unpaired) electrons. The summed E-state index contributed by atoms with van der Waals surface area (Å²) in [6.07, 6.45) is 0.997. The van der Waals surface area contributed by atoms with Crippen LogP contribution in [-0.4, -0.2) is 7.11 Å². The fourth-order valence-corrected chi connectivity index (χ4v) is 3.86. The Balaban J connectivity index is 2.49. The number of methoxy groups -OCH3 is 1. The van der Waals surface area contributed by atoms with Gasteiger partial charge >= 0.3 is 0 Å². The molecule has 0 bridgehead atoms. The number of benzene rings is 1. The molecule has 0 fully saturated rings. The summed E-state index contributed by atoms with van der Waals surface area (Å²) in [6, 6.07) is 6.23. The van der Waals surface area contributed by atoms with Crippen LogP contribution in [0.25, 0.3) is 0 Å². The van der Waals surface area contributed by atoms with E-state index in [9.17, 15) is 0 Å². The van der Waals surface area contributed by atoms with E-state index in [-0.39, 0.29) is 5.38 Å². The molecule has 1 aromatic carbocycles. The van der Waals surface area contributed by atoms with Crippen LogP contribution in [0, 0.1) is 6.92 Å². The van der Waals surface area contributed by atoms with E-state index in [0.29, 0.717) is 0 Å². The van der Waals surface area contributed by atoms with E-state index in [1.165, 1.54) is 10.4 Å². The molecule has 19 heavy (non-hydrogen) atoms. The van der Waals surface area contributed by atoms with E-state index < -0.39 is 0 Å². The predicted octanol–water partition coefficient (Wildman–Crippen LogP) is 5.72. The van der Waals surface area contributed by atoms with Crippen LogP contribution in [0.4, 0.5) is 0 Å². The number of alkyl halides is 1. The monoisotopic (exact) mass is 358 g/mol. The van der Waals surface area contributed by atoms with Crippen LogP contribution in [0.2, 0.25) is 0 Å². The Bertz CT molecular complexity index is 580. The van der Waals surface area contributed by atoms with Crippen molar-refractivity contribution in [3.8, 4) is 5.75 Å². The highest BCUT2D eigenvalue weighted by atomic mass is 79.9. The molecule has 2 aromatic rings. The standard InChI is InChI=1S/C15H16BrClOS/c1-4-10-5-6-19-15(10)14(17)11-8-12(16)9(2)7-13(11)18-3/h5-8,14H,4H2,1-3H3. The molecule has 1 atom stereocenters. The zero-order valence-electron chi connectivity index (χ0n) is 11.2. The van der Waals surface area contributed by atoms with Crippen molar-refractivity contribution in [3.05, 3.63) is 49.6 Å². The Hall–Kier alpha value is -0.510. The molecule has 0 saturated carbocycles. The number of thiophene rings is 1. The molecule has 102 valence electrons. The van der Waals surface area contributed by atoms with E-state index in [2.05, 4.69) is 40.4 Å². The van der Waals surface area contributed by atoms with Gasteiger partial charge in [-0.15, -0.1) is 22.9 Å². The first-order chi connectivity index (χ1) is 9.08.